The Hall–Kier alpha value is -3.20. The van der Waals surface area contributed by atoms with Gasteiger partial charge in [0.25, 0.3) is 0 Å². The number of likely N-dealkylation sites (N-methyl/N-ethyl adjacent to an activating group) is 1. The number of carbonyl (C=O) groups excluding carboxylic acids is 1. The Kier molecular flexibility index (Phi) is 7.83. The van der Waals surface area contributed by atoms with E-state index in [4.69, 9.17) is 0 Å². The molecule has 8 nitrogen and oxygen atoms in total. The van der Waals surface area contributed by atoms with Crippen LogP contribution in [-0.2, 0) is 4.79 Å². The molecule has 2 aromatic rings. The second-order valence-electron chi connectivity index (χ2n) is 11.2. The van der Waals surface area contributed by atoms with Crippen LogP contribution in [0.4, 0.5) is 27.5 Å². The predicted molar refractivity (Wildman–Crippen MR) is 150 cm³/mol. The minimum atomic E-state index is -0.537. The zero-order valence-corrected chi connectivity index (χ0v) is 22.9. The smallest absolute Gasteiger partial charge is 0.229 e. The summed E-state index contributed by atoms with van der Waals surface area (Å²) in [5.41, 5.74) is 3.24. The van der Waals surface area contributed by atoms with Gasteiger partial charge >= 0.3 is 0 Å². The Morgan fingerprint density at radius 3 is 2.50 bits per heavy atom. The molecule has 2 heterocycles. The lowest BCUT2D eigenvalue weighted by atomic mass is 9.75. The molecule has 38 heavy (non-hydrogen) atoms. The fourth-order valence-corrected chi connectivity index (χ4v) is 5.67. The summed E-state index contributed by atoms with van der Waals surface area (Å²) < 4.78 is 14.9. The van der Waals surface area contributed by atoms with Gasteiger partial charge in [-0.05, 0) is 68.8 Å². The number of carbonyl (C=O) groups is 1. The maximum Gasteiger partial charge on any atom is 0.229 e. The highest BCUT2D eigenvalue weighted by atomic mass is 19.1. The summed E-state index contributed by atoms with van der Waals surface area (Å²) in [5, 5.41) is 9.70. The number of hydrogen-bond acceptors (Lipinski definition) is 7. The summed E-state index contributed by atoms with van der Waals surface area (Å²) in [7, 11) is 2.15. The molecule has 0 spiro atoms. The van der Waals surface area contributed by atoms with Crippen LogP contribution < -0.4 is 20.9 Å². The average Bonchev–Trinajstić information content (AvgIpc) is 2.86. The largest absolute Gasteiger partial charge is 0.369 e. The third-order valence-corrected chi connectivity index (χ3v) is 8.34. The summed E-state index contributed by atoms with van der Waals surface area (Å²) in [5.74, 6) is -0.334. The highest BCUT2D eigenvalue weighted by Crippen LogP contribution is 2.33. The second-order valence-corrected chi connectivity index (χ2v) is 11.2. The van der Waals surface area contributed by atoms with Crippen molar-refractivity contribution in [3.8, 4) is 0 Å². The molecule has 1 aromatic heterocycles. The lowest BCUT2D eigenvalue weighted by Crippen LogP contribution is -2.52. The minimum absolute atomic E-state index is 0.0274. The first kappa shape index (κ1) is 26.4. The van der Waals surface area contributed by atoms with Crippen molar-refractivity contribution < 1.29 is 9.18 Å². The number of nitrogens with zero attached hydrogens (tertiary/aromatic N) is 4. The van der Waals surface area contributed by atoms with E-state index in [2.05, 4.69) is 74.0 Å². The van der Waals surface area contributed by atoms with Gasteiger partial charge in [0.05, 0.1) is 12.1 Å². The number of piperazine rings is 1. The van der Waals surface area contributed by atoms with Crippen molar-refractivity contribution in [3.63, 3.8) is 0 Å². The summed E-state index contributed by atoms with van der Waals surface area (Å²) >= 11 is 0. The molecule has 5 rings (SSSR count). The van der Waals surface area contributed by atoms with Gasteiger partial charge in [-0.15, -0.1) is 0 Å². The molecule has 204 valence electrons. The fourth-order valence-electron chi connectivity index (χ4n) is 5.67. The van der Waals surface area contributed by atoms with Crippen LogP contribution in [0.25, 0.3) is 0 Å². The normalized spacial score (nSPS) is 26.1. The van der Waals surface area contributed by atoms with E-state index in [1.165, 1.54) is 11.9 Å². The van der Waals surface area contributed by atoms with Gasteiger partial charge in [0, 0.05) is 49.6 Å². The van der Waals surface area contributed by atoms with Crippen molar-refractivity contribution in [2.75, 3.05) is 48.8 Å². The number of benzene rings is 1. The van der Waals surface area contributed by atoms with Crippen molar-refractivity contribution in [3.05, 3.63) is 47.9 Å². The summed E-state index contributed by atoms with van der Waals surface area (Å²) in [6, 6.07) is 6.18. The van der Waals surface area contributed by atoms with Crippen LogP contribution in [0.2, 0.25) is 0 Å². The molecule has 9 heteroatoms. The van der Waals surface area contributed by atoms with Crippen LogP contribution in [0, 0.1) is 30.5 Å². The number of rotatable bonds is 7. The highest BCUT2D eigenvalue weighted by Gasteiger charge is 2.39. The molecule has 1 saturated heterocycles. The van der Waals surface area contributed by atoms with Crippen LogP contribution in [0.1, 0.15) is 38.7 Å². The molecule has 0 radical (unpaired) electrons. The first-order valence-corrected chi connectivity index (χ1v) is 13.9. The lowest BCUT2D eigenvalue weighted by Gasteiger charge is -2.38. The standard InChI is InChI=1S/C29H40FN7O/c1-18-8-9-19(2)26(25(18)28(38)32-21-6-5-7-21)34-27-23(30)17-31-29(35-27)33-22-10-11-24(20(3)16-22)37-14-12-36(4)13-15-37/h8-11,16-19,21,25-26H,5-7,12-15H2,1-4H3,(H,32,38)(H2,31,33,34,35)/t18-,19+,25-,26+/m1/s1. The van der Waals surface area contributed by atoms with Crippen LogP contribution >= 0.6 is 0 Å². The van der Waals surface area contributed by atoms with E-state index in [0.717, 1.165) is 56.7 Å². The average molecular weight is 522 g/mol. The van der Waals surface area contributed by atoms with E-state index in [-0.39, 0.29) is 41.6 Å². The van der Waals surface area contributed by atoms with Crippen LogP contribution in [0.3, 0.4) is 0 Å². The molecule has 1 amide bonds. The number of aryl methyl sites for hydroxylation is 1. The van der Waals surface area contributed by atoms with E-state index in [1.54, 1.807) is 0 Å². The molecule has 0 unspecified atom stereocenters. The summed E-state index contributed by atoms with van der Waals surface area (Å²) in [6.07, 6.45) is 8.58. The van der Waals surface area contributed by atoms with Gasteiger partial charge in [0.2, 0.25) is 11.9 Å². The van der Waals surface area contributed by atoms with Crippen molar-refractivity contribution in [1.82, 2.24) is 20.2 Å². The van der Waals surface area contributed by atoms with Gasteiger partial charge in [-0.25, -0.2) is 9.37 Å². The van der Waals surface area contributed by atoms with Gasteiger partial charge in [0.15, 0.2) is 11.6 Å². The van der Waals surface area contributed by atoms with E-state index in [1.807, 2.05) is 19.9 Å². The number of hydrogen-bond donors (Lipinski definition) is 3. The van der Waals surface area contributed by atoms with Crippen LogP contribution in [-0.4, -0.2) is 66.1 Å². The molecule has 1 aliphatic heterocycles. The number of halogens is 1. The van der Waals surface area contributed by atoms with Gasteiger partial charge in [-0.3, -0.25) is 4.79 Å². The topological polar surface area (TPSA) is 85.4 Å². The Morgan fingerprint density at radius 2 is 1.82 bits per heavy atom. The second kappa shape index (κ2) is 11.3. The maximum atomic E-state index is 14.9. The van der Waals surface area contributed by atoms with Crippen LogP contribution in [0.15, 0.2) is 36.5 Å². The Balaban J connectivity index is 1.30. The Bertz CT molecular complexity index is 1180. The number of anilines is 4. The highest BCUT2D eigenvalue weighted by molar-refractivity contribution is 5.81. The predicted octanol–water partition coefficient (Wildman–Crippen LogP) is 4.33. The molecule has 1 aromatic carbocycles. The van der Waals surface area contributed by atoms with Gasteiger partial charge in [-0.1, -0.05) is 26.0 Å². The van der Waals surface area contributed by atoms with E-state index < -0.39 is 5.82 Å². The molecule has 1 saturated carbocycles. The van der Waals surface area contributed by atoms with Crippen molar-refractivity contribution in [1.29, 1.82) is 0 Å². The van der Waals surface area contributed by atoms with Crippen molar-refractivity contribution in [2.24, 2.45) is 17.8 Å². The zero-order chi connectivity index (χ0) is 26.8. The zero-order valence-electron chi connectivity index (χ0n) is 22.9. The Labute approximate surface area is 225 Å². The number of nitrogens with one attached hydrogen (secondary N) is 3. The Morgan fingerprint density at radius 1 is 1.08 bits per heavy atom. The molecule has 2 fully saturated rings. The van der Waals surface area contributed by atoms with Crippen LogP contribution in [0.5, 0.6) is 0 Å². The molecule has 2 aliphatic carbocycles. The third-order valence-electron chi connectivity index (χ3n) is 8.34. The number of amides is 1. The van der Waals surface area contributed by atoms with E-state index >= 15 is 0 Å². The molecular weight excluding hydrogens is 481 g/mol. The maximum absolute atomic E-state index is 14.9. The minimum Gasteiger partial charge on any atom is -0.369 e. The van der Waals surface area contributed by atoms with E-state index in [0.29, 0.717) is 5.95 Å². The van der Waals surface area contributed by atoms with E-state index in [9.17, 15) is 9.18 Å². The lowest BCUT2D eigenvalue weighted by molar-refractivity contribution is -0.128. The monoisotopic (exact) mass is 521 g/mol. The van der Waals surface area contributed by atoms with Gasteiger partial charge in [-0.2, -0.15) is 4.98 Å². The van der Waals surface area contributed by atoms with Crippen molar-refractivity contribution >= 4 is 29.0 Å². The third kappa shape index (κ3) is 5.77. The first-order valence-electron chi connectivity index (χ1n) is 13.9. The number of allylic oxidation sites excluding steroid dienone is 1. The van der Waals surface area contributed by atoms with Gasteiger partial charge < -0.3 is 25.8 Å². The SMILES string of the molecule is Cc1cc(Nc2ncc(F)c(N[C@@H]3[C@H](C(=O)NC4CCC4)[C@H](C)C=C[C@@H]3C)n2)ccc1N1CCN(C)CC1. The van der Waals surface area contributed by atoms with Crippen molar-refractivity contribution in [2.45, 2.75) is 52.1 Å². The number of aromatic nitrogens is 2. The summed E-state index contributed by atoms with van der Waals surface area (Å²) in [6.45, 7) is 10.3. The van der Waals surface area contributed by atoms with Gasteiger partial charge in [0.1, 0.15) is 0 Å². The molecule has 3 aliphatic rings. The molecule has 3 N–H and O–H groups in total. The molecule has 0 bridgehead atoms. The molecular formula is C29H40FN7O. The summed E-state index contributed by atoms with van der Waals surface area (Å²) in [4.78, 5) is 26.6. The fraction of sp³-hybridized carbons (Fsp3) is 0.552. The quantitative estimate of drug-likeness (QED) is 0.468. The first-order chi connectivity index (χ1) is 18.3. The molecule has 4 atom stereocenters.